The molecule has 5 nitrogen and oxygen atoms in total. The van der Waals surface area contributed by atoms with E-state index in [9.17, 15) is 0 Å². The molecular formula is C15H17N3O2S. The van der Waals surface area contributed by atoms with Crippen LogP contribution in [0.5, 0.6) is 0 Å². The number of aryl methyl sites for hydroxylation is 1. The summed E-state index contributed by atoms with van der Waals surface area (Å²) in [5.41, 5.74) is 0.932. The highest BCUT2D eigenvalue weighted by Crippen LogP contribution is 2.26. The van der Waals surface area contributed by atoms with Crippen LogP contribution in [0, 0.1) is 0 Å². The quantitative estimate of drug-likeness (QED) is 0.699. The number of aromatic nitrogens is 3. The van der Waals surface area contributed by atoms with Crippen molar-refractivity contribution in [3.05, 3.63) is 46.5 Å². The van der Waals surface area contributed by atoms with Crippen molar-refractivity contribution in [2.45, 2.75) is 26.0 Å². The van der Waals surface area contributed by atoms with Crippen LogP contribution < -0.4 is 0 Å². The standard InChI is InChI=1S/C15H17N3O2S/c1-3-11-9-12(20-17-11)15-16-6-7-18(15)10-13(19-2)14-5-4-8-21-14/h4-9,13H,3,10H2,1-2H3. The third kappa shape index (κ3) is 2.91. The molecule has 1 atom stereocenters. The predicted octanol–water partition coefficient (Wildman–Crippen LogP) is 3.55. The minimum Gasteiger partial charge on any atom is -0.374 e. The van der Waals surface area contributed by atoms with E-state index in [0.29, 0.717) is 12.3 Å². The Bertz CT molecular complexity index is 687. The maximum absolute atomic E-state index is 5.60. The fraction of sp³-hybridized carbons (Fsp3) is 0.333. The van der Waals surface area contributed by atoms with Gasteiger partial charge in [-0.05, 0) is 17.9 Å². The maximum Gasteiger partial charge on any atom is 0.202 e. The molecule has 3 aromatic heterocycles. The topological polar surface area (TPSA) is 53.1 Å². The highest BCUT2D eigenvalue weighted by Gasteiger charge is 2.17. The molecule has 0 aromatic carbocycles. The van der Waals surface area contributed by atoms with Crippen molar-refractivity contribution < 1.29 is 9.26 Å². The zero-order chi connectivity index (χ0) is 14.7. The van der Waals surface area contributed by atoms with Crippen molar-refractivity contribution in [3.8, 4) is 11.6 Å². The number of rotatable bonds is 6. The summed E-state index contributed by atoms with van der Waals surface area (Å²) in [6, 6.07) is 6.05. The van der Waals surface area contributed by atoms with Gasteiger partial charge in [-0.15, -0.1) is 11.3 Å². The first-order valence-corrected chi connectivity index (χ1v) is 7.73. The number of methoxy groups -OCH3 is 1. The second kappa shape index (κ2) is 6.24. The van der Waals surface area contributed by atoms with Crippen LogP contribution in [-0.4, -0.2) is 21.8 Å². The third-order valence-corrected chi connectivity index (χ3v) is 4.33. The number of hydrogen-bond donors (Lipinski definition) is 0. The molecule has 3 aromatic rings. The molecular weight excluding hydrogens is 286 g/mol. The monoisotopic (exact) mass is 303 g/mol. The van der Waals surface area contributed by atoms with E-state index in [4.69, 9.17) is 9.26 Å². The van der Waals surface area contributed by atoms with Crippen LogP contribution in [-0.2, 0) is 17.7 Å². The Morgan fingerprint density at radius 2 is 2.38 bits per heavy atom. The van der Waals surface area contributed by atoms with Crippen molar-refractivity contribution in [2.75, 3.05) is 7.11 Å². The Morgan fingerprint density at radius 1 is 1.48 bits per heavy atom. The summed E-state index contributed by atoms with van der Waals surface area (Å²) in [5, 5.41) is 6.08. The lowest BCUT2D eigenvalue weighted by atomic mass is 10.2. The molecule has 0 aliphatic carbocycles. The van der Waals surface area contributed by atoms with Gasteiger partial charge < -0.3 is 13.8 Å². The summed E-state index contributed by atoms with van der Waals surface area (Å²) in [6.07, 6.45) is 4.56. The number of imidazole rings is 1. The molecule has 0 saturated carbocycles. The van der Waals surface area contributed by atoms with Crippen LogP contribution in [0.15, 0.2) is 40.5 Å². The normalized spacial score (nSPS) is 12.7. The molecule has 110 valence electrons. The van der Waals surface area contributed by atoms with Crippen LogP contribution in [0.2, 0.25) is 0 Å². The van der Waals surface area contributed by atoms with Gasteiger partial charge in [-0.25, -0.2) is 4.98 Å². The Labute approximate surface area is 127 Å². The Morgan fingerprint density at radius 3 is 3.05 bits per heavy atom. The van der Waals surface area contributed by atoms with Crippen molar-refractivity contribution in [1.82, 2.24) is 14.7 Å². The van der Waals surface area contributed by atoms with Gasteiger partial charge in [-0.3, -0.25) is 0 Å². The molecule has 0 aliphatic rings. The molecule has 21 heavy (non-hydrogen) atoms. The minimum atomic E-state index is 0.00603. The van der Waals surface area contributed by atoms with Gasteiger partial charge >= 0.3 is 0 Å². The van der Waals surface area contributed by atoms with E-state index in [-0.39, 0.29) is 6.10 Å². The summed E-state index contributed by atoms with van der Waals surface area (Å²) >= 11 is 1.69. The SMILES string of the molecule is CCc1cc(-c2nccn2CC(OC)c2cccs2)on1. The number of ether oxygens (including phenoxy) is 1. The molecule has 0 saturated heterocycles. The van der Waals surface area contributed by atoms with E-state index in [2.05, 4.69) is 21.6 Å². The molecule has 3 rings (SSSR count). The smallest absolute Gasteiger partial charge is 0.202 e. The Hall–Kier alpha value is -1.92. The summed E-state index contributed by atoms with van der Waals surface area (Å²) in [7, 11) is 1.73. The molecule has 0 aliphatic heterocycles. The lowest BCUT2D eigenvalue weighted by Gasteiger charge is -2.15. The Kier molecular flexibility index (Phi) is 4.17. The summed E-state index contributed by atoms with van der Waals surface area (Å²) in [6.45, 7) is 2.74. The average molecular weight is 303 g/mol. The fourth-order valence-corrected chi connectivity index (χ4v) is 2.99. The average Bonchev–Trinajstić information content (AvgIpc) is 3.23. The zero-order valence-corrected chi connectivity index (χ0v) is 12.8. The van der Waals surface area contributed by atoms with Gasteiger partial charge in [0.25, 0.3) is 0 Å². The summed E-state index contributed by atoms with van der Waals surface area (Å²) in [4.78, 5) is 5.58. The van der Waals surface area contributed by atoms with Crippen LogP contribution in [0.3, 0.4) is 0 Å². The van der Waals surface area contributed by atoms with Crippen LogP contribution in [0.4, 0.5) is 0 Å². The van der Waals surface area contributed by atoms with E-state index < -0.39 is 0 Å². The lowest BCUT2D eigenvalue weighted by Crippen LogP contribution is -2.10. The van der Waals surface area contributed by atoms with Gasteiger partial charge in [0.15, 0.2) is 5.82 Å². The summed E-state index contributed by atoms with van der Waals surface area (Å²) in [5.74, 6) is 1.47. The molecule has 6 heteroatoms. The molecule has 0 N–H and O–H groups in total. The van der Waals surface area contributed by atoms with E-state index in [1.165, 1.54) is 4.88 Å². The second-order valence-corrected chi connectivity index (χ2v) is 5.66. The molecule has 0 spiro atoms. The molecule has 0 amide bonds. The number of hydrogen-bond acceptors (Lipinski definition) is 5. The largest absolute Gasteiger partial charge is 0.374 e. The third-order valence-electron chi connectivity index (χ3n) is 3.36. The van der Waals surface area contributed by atoms with Crippen molar-refractivity contribution >= 4 is 11.3 Å². The van der Waals surface area contributed by atoms with Crippen LogP contribution in [0.25, 0.3) is 11.6 Å². The van der Waals surface area contributed by atoms with Gasteiger partial charge in [-0.1, -0.05) is 18.1 Å². The lowest BCUT2D eigenvalue weighted by molar-refractivity contribution is 0.0910. The van der Waals surface area contributed by atoms with Gasteiger partial charge in [-0.2, -0.15) is 0 Å². The highest BCUT2D eigenvalue weighted by molar-refractivity contribution is 7.10. The molecule has 1 unspecified atom stereocenters. The highest BCUT2D eigenvalue weighted by atomic mass is 32.1. The van der Waals surface area contributed by atoms with Crippen LogP contribution >= 0.6 is 11.3 Å². The van der Waals surface area contributed by atoms with Crippen molar-refractivity contribution in [2.24, 2.45) is 0 Å². The van der Waals surface area contributed by atoms with Crippen molar-refractivity contribution in [3.63, 3.8) is 0 Å². The first kappa shape index (κ1) is 14.0. The zero-order valence-electron chi connectivity index (χ0n) is 12.0. The second-order valence-electron chi connectivity index (χ2n) is 4.68. The minimum absolute atomic E-state index is 0.00603. The molecule has 0 radical (unpaired) electrons. The van der Waals surface area contributed by atoms with E-state index >= 15 is 0 Å². The van der Waals surface area contributed by atoms with Gasteiger partial charge in [0.2, 0.25) is 5.76 Å². The van der Waals surface area contributed by atoms with Crippen LogP contribution in [0.1, 0.15) is 23.6 Å². The van der Waals surface area contributed by atoms with E-state index in [1.807, 2.05) is 29.8 Å². The number of thiophene rings is 1. The van der Waals surface area contributed by atoms with Gasteiger partial charge in [0, 0.05) is 30.4 Å². The van der Waals surface area contributed by atoms with Crippen molar-refractivity contribution in [1.29, 1.82) is 0 Å². The van der Waals surface area contributed by atoms with Gasteiger partial charge in [0.1, 0.15) is 6.10 Å². The van der Waals surface area contributed by atoms with E-state index in [0.717, 1.165) is 17.9 Å². The Balaban J connectivity index is 1.85. The molecule has 0 bridgehead atoms. The molecule has 0 fully saturated rings. The maximum atomic E-state index is 5.60. The number of nitrogens with zero attached hydrogens (tertiary/aromatic N) is 3. The fourth-order valence-electron chi connectivity index (χ4n) is 2.20. The summed E-state index contributed by atoms with van der Waals surface area (Å²) < 4.78 is 13.0. The van der Waals surface area contributed by atoms with Gasteiger partial charge in [0.05, 0.1) is 12.2 Å². The van der Waals surface area contributed by atoms with E-state index in [1.54, 1.807) is 24.6 Å². The molecule has 3 heterocycles. The first-order valence-electron chi connectivity index (χ1n) is 6.85. The first-order chi connectivity index (χ1) is 10.3. The predicted molar refractivity (Wildman–Crippen MR) is 81.2 cm³/mol.